The zero-order valence-corrected chi connectivity index (χ0v) is 28.8. The molecule has 11 nitrogen and oxygen atoms in total. The maximum Gasteiger partial charge on any atom is 0.407 e. The Bertz CT molecular complexity index is 1580. The van der Waals surface area contributed by atoms with Gasteiger partial charge in [-0.1, -0.05) is 63.2 Å². The van der Waals surface area contributed by atoms with Crippen molar-refractivity contribution in [1.82, 2.24) is 15.5 Å². The van der Waals surface area contributed by atoms with Crippen molar-refractivity contribution >= 4 is 40.9 Å². The number of nitrogens with one attached hydrogen (secondary N) is 4. The van der Waals surface area contributed by atoms with E-state index >= 15 is 0 Å². The second-order valence-corrected chi connectivity index (χ2v) is 13.8. The Morgan fingerprint density at radius 1 is 0.837 bits per heavy atom. The normalized spacial score (nSPS) is 18.0. The van der Waals surface area contributed by atoms with Gasteiger partial charge < -0.3 is 35.8 Å². The molecule has 3 aromatic carbocycles. The molecule has 0 saturated carbocycles. The second kappa shape index (κ2) is 16.0. The molecule has 0 bridgehead atoms. The van der Waals surface area contributed by atoms with Gasteiger partial charge in [-0.3, -0.25) is 14.4 Å². The van der Waals surface area contributed by atoms with Gasteiger partial charge in [-0.05, 0) is 85.2 Å². The summed E-state index contributed by atoms with van der Waals surface area (Å²) >= 11 is 0. The highest BCUT2D eigenvalue weighted by molar-refractivity contribution is 5.99. The minimum absolute atomic E-state index is 0.00645. The van der Waals surface area contributed by atoms with E-state index in [1.165, 1.54) is 7.11 Å². The summed E-state index contributed by atoms with van der Waals surface area (Å²) in [5, 5.41) is 11.9. The summed E-state index contributed by atoms with van der Waals surface area (Å²) in [6, 6.07) is 24.3. The monoisotopic (exact) mass is 668 g/mol. The largest absolute Gasteiger partial charge is 0.453 e. The molecule has 0 aromatic heterocycles. The Morgan fingerprint density at radius 2 is 1.43 bits per heavy atom. The van der Waals surface area contributed by atoms with Crippen LogP contribution in [0.15, 0.2) is 78.9 Å². The zero-order chi connectivity index (χ0) is 35.0. The van der Waals surface area contributed by atoms with E-state index in [1.54, 1.807) is 4.90 Å². The van der Waals surface area contributed by atoms with E-state index in [2.05, 4.69) is 38.3 Å². The highest BCUT2D eigenvalue weighted by atomic mass is 16.5. The lowest BCUT2D eigenvalue weighted by Gasteiger charge is -2.35. The quantitative estimate of drug-likeness (QED) is 0.219. The van der Waals surface area contributed by atoms with E-state index in [1.807, 2.05) is 87.5 Å². The van der Waals surface area contributed by atoms with Crippen LogP contribution in [0, 0.1) is 5.41 Å². The van der Waals surface area contributed by atoms with Crippen molar-refractivity contribution in [2.45, 2.75) is 77.7 Å². The van der Waals surface area contributed by atoms with Gasteiger partial charge in [-0.25, -0.2) is 4.79 Å². The van der Waals surface area contributed by atoms with Crippen LogP contribution in [0.2, 0.25) is 0 Å². The first-order chi connectivity index (χ1) is 23.5. The molecule has 4 N–H and O–H groups in total. The van der Waals surface area contributed by atoms with Gasteiger partial charge in [0.25, 0.3) is 0 Å². The SMILES string of the molecule is COC(=O)NC(C(=O)N1CCCC1C(=O)Nc1ccc(CN(Cc2ccc(NC(=O)C3CCCN3)cc2)c2ccccc2)cc1)C(C)(C)C. The molecule has 3 unspecified atom stereocenters. The zero-order valence-electron chi connectivity index (χ0n) is 28.8. The Kier molecular flexibility index (Phi) is 11.6. The average molecular weight is 669 g/mol. The number of hydrogen-bond acceptors (Lipinski definition) is 7. The van der Waals surface area contributed by atoms with Gasteiger partial charge in [0.1, 0.15) is 12.1 Å². The molecular weight excluding hydrogens is 620 g/mol. The lowest BCUT2D eigenvalue weighted by Crippen LogP contribution is -2.57. The van der Waals surface area contributed by atoms with Crippen LogP contribution >= 0.6 is 0 Å². The van der Waals surface area contributed by atoms with Gasteiger partial charge in [0.2, 0.25) is 17.7 Å². The van der Waals surface area contributed by atoms with E-state index in [4.69, 9.17) is 4.74 Å². The molecule has 2 aliphatic heterocycles. The molecular formula is C38H48N6O5. The molecule has 2 fully saturated rings. The highest BCUT2D eigenvalue weighted by Crippen LogP contribution is 2.27. The summed E-state index contributed by atoms with van der Waals surface area (Å²) in [5.74, 6) is -0.547. The second-order valence-electron chi connectivity index (χ2n) is 13.8. The van der Waals surface area contributed by atoms with Crippen LogP contribution in [0.4, 0.5) is 21.9 Å². The third-order valence-corrected chi connectivity index (χ3v) is 9.09. The number of anilines is 3. The van der Waals surface area contributed by atoms with Gasteiger partial charge in [-0.15, -0.1) is 0 Å². The molecule has 2 aliphatic rings. The number of carbonyl (C=O) groups excluding carboxylic acids is 4. The first-order valence-corrected chi connectivity index (χ1v) is 17.0. The van der Waals surface area contributed by atoms with Crippen molar-refractivity contribution in [2.75, 3.05) is 35.7 Å². The Hall–Kier alpha value is -4.90. The number of nitrogens with zero attached hydrogens (tertiary/aromatic N) is 2. The molecule has 0 spiro atoms. The Morgan fingerprint density at radius 3 is 1.96 bits per heavy atom. The molecule has 11 heteroatoms. The van der Waals surface area contributed by atoms with E-state index < -0.39 is 23.6 Å². The summed E-state index contributed by atoms with van der Waals surface area (Å²) in [4.78, 5) is 55.4. The number of likely N-dealkylation sites (tertiary alicyclic amines) is 1. The number of alkyl carbamates (subject to hydrolysis) is 1. The van der Waals surface area contributed by atoms with E-state index in [-0.39, 0.29) is 23.8 Å². The van der Waals surface area contributed by atoms with Crippen LogP contribution in [0.25, 0.3) is 0 Å². The third-order valence-electron chi connectivity index (χ3n) is 9.09. The third kappa shape index (κ3) is 9.38. The maximum atomic E-state index is 13.6. The fraction of sp³-hybridized carbons (Fsp3) is 0.421. The minimum Gasteiger partial charge on any atom is -0.453 e. The molecule has 260 valence electrons. The van der Waals surface area contributed by atoms with E-state index in [0.717, 1.165) is 41.9 Å². The molecule has 0 aliphatic carbocycles. The molecule has 4 amide bonds. The molecule has 2 saturated heterocycles. The van der Waals surface area contributed by atoms with E-state index in [9.17, 15) is 19.2 Å². The standard InChI is InChI=1S/C38H48N6O5/c1-38(2,3)33(42-37(48)49-4)36(47)44-23-9-13-32(44)35(46)41-29-20-16-27(17-21-29)25-43(30-10-6-5-7-11-30)24-26-14-18-28(19-15-26)40-34(45)31-12-8-22-39-31/h5-7,10-11,14-21,31-33,39H,8-9,12-13,22-25H2,1-4H3,(H,40,45)(H,41,46)(H,42,48). The number of para-hydroxylation sites is 1. The van der Waals surface area contributed by atoms with Gasteiger partial charge in [0.05, 0.1) is 13.2 Å². The van der Waals surface area contributed by atoms with Crippen molar-refractivity contribution in [2.24, 2.45) is 5.41 Å². The van der Waals surface area contributed by atoms with Crippen molar-refractivity contribution in [1.29, 1.82) is 0 Å². The van der Waals surface area contributed by atoms with Crippen LogP contribution in [-0.2, 0) is 32.2 Å². The first kappa shape index (κ1) is 35.4. The summed E-state index contributed by atoms with van der Waals surface area (Å²) in [6.45, 7) is 8.21. The maximum absolute atomic E-state index is 13.6. The fourth-order valence-electron chi connectivity index (χ4n) is 6.36. The van der Waals surface area contributed by atoms with Crippen molar-refractivity contribution < 1.29 is 23.9 Å². The number of amides is 4. The van der Waals surface area contributed by atoms with Crippen LogP contribution in [0.3, 0.4) is 0 Å². The molecule has 3 aromatic rings. The topological polar surface area (TPSA) is 132 Å². The Balaban J connectivity index is 1.22. The first-order valence-electron chi connectivity index (χ1n) is 17.0. The smallest absolute Gasteiger partial charge is 0.407 e. The number of rotatable bonds is 11. The lowest BCUT2D eigenvalue weighted by atomic mass is 9.85. The van der Waals surface area contributed by atoms with Crippen LogP contribution < -0.4 is 26.2 Å². The predicted octanol–water partition coefficient (Wildman–Crippen LogP) is 5.28. The predicted molar refractivity (Wildman–Crippen MR) is 191 cm³/mol. The molecule has 5 rings (SSSR count). The van der Waals surface area contributed by atoms with Crippen molar-refractivity contribution in [3.05, 3.63) is 90.0 Å². The molecule has 2 heterocycles. The summed E-state index contributed by atoms with van der Waals surface area (Å²) < 4.78 is 4.74. The summed E-state index contributed by atoms with van der Waals surface area (Å²) in [7, 11) is 1.26. The van der Waals surface area contributed by atoms with Gasteiger partial charge in [0, 0.05) is 36.7 Å². The van der Waals surface area contributed by atoms with Crippen LogP contribution in [-0.4, -0.2) is 67.0 Å². The van der Waals surface area contributed by atoms with Gasteiger partial charge >= 0.3 is 6.09 Å². The highest BCUT2D eigenvalue weighted by Gasteiger charge is 2.42. The summed E-state index contributed by atoms with van der Waals surface area (Å²) in [5.41, 5.74) is 4.09. The Labute approximate surface area is 288 Å². The van der Waals surface area contributed by atoms with Crippen molar-refractivity contribution in [3.63, 3.8) is 0 Å². The van der Waals surface area contributed by atoms with Gasteiger partial charge in [-0.2, -0.15) is 0 Å². The summed E-state index contributed by atoms with van der Waals surface area (Å²) in [6.07, 6.45) is 2.43. The number of ether oxygens (including phenoxy) is 1. The fourth-order valence-corrected chi connectivity index (χ4v) is 6.36. The number of benzene rings is 3. The number of hydrogen-bond donors (Lipinski definition) is 4. The molecule has 3 atom stereocenters. The average Bonchev–Trinajstić information content (AvgIpc) is 3.82. The van der Waals surface area contributed by atoms with Crippen LogP contribution in [0.1, 0.15) is 57.6 Å². The molecule has 49 heavy (non-hydrogen) atoms. The van der Waals surface area contributed by atoms with Gasteiger partial charge in [0.15, 0.2) is 0 Å². The van der Waals surface area contributed by atoms with E-state index in [0.29, 0.717) is 38.2 Å². The molecule has 0 radical (unpaired) electrons. The van der Waals surface area contributed by atoms with Crippen LogP contribution in [0.5, 0.6) is 0 Å². The van der Waals surface area contributed by atoms with Crippen molar-refractivity contribution in [3.8, 4) is 0 Å². The minimum atomic E-state index is -0.835. The number of methoxy groups -OCH3 is 1. The number of carbonyl (C=O) groups is 4. The lowest BCUT2D eigenvalue weighted by molar-refractivity contribution is -0.140.